The molecular weight excluding hydrogens is 420 g/mol. The number of β-lactam (4-membered cyclic amide) rings is 1. The number of aliphatic carboxylic acids is 1. The number of carbonyl (C=O) groups is 3. The Balaban J connectivity index is 1.39. The third kappa shape index (κ3) is 3.10. The van der Waals surface area contributed by atoms with E-state index in [0.29, 0.717) is 23.6 Å². The number of thioether (sulfide) groups is 1. The van der Waals surface area contributed by atoms with Crippen LogP contribution in [0.4, 0.5) is 10.5 Å². The van der Waals surface area contributed by atoms with E-state index >= 15 is 0 Å². The molecule has 0 saturated carbocycles. The molecule has 9 nitrogen and oxygen atoms in total. The molecule has 2 aromatic rings. The lowest BCUT2D eigenvalue weighted by Crippen LogP contribution is -2.74. The summed E-state index contributed by atoms with van der Waals surface area (Å²) < 4.78 is 0. The maximum Gasteiger partial charge on any atom is 0.353 e. The van der Waals surface area contributed by atoms with E-state index in [-0.39, 0.29) is 29.3 Å². The quantitative estimate of drug-likeness (QED) is 0.494. The zero-order chi connectivity index (χ0) is 21.7. The van der Waals surface area contributed by atoms with E-state index < -0.39 is 18.0 Å². The summed E-state index contributed by atoms with van der Waals surface area (Å²) in [6, 6.07) is 8.16. The average molecular weight is 438 g/mol. The van der Waals surface area contributed by atoms with E-state index in [4.69, 9.17) is 0 Å². The van der Waals surface area contributed by atoms with Crippen LogP contribution in [0, 0.1) is 5.92 Å². The van der Waals surface area contributed by atoms with Crippen LogP contribution in [-0.2, 0) is 9.59 Å². The van der Waals surface area contributed by atoms with Crippen molar-refractivity contribution in [1.29, 1.82) is 0 Å². The van der Waals surface area contributed by atoms with E-state index in [9.17, 15) is 24.6 Å². The summed E-state index contributed by atoms with van der Waals surface area (Å²) in [4.78, 5) is 46.1. The SMILES string of the molecule is O=C(O)C1=C(Sc2ccncc2)C2CCN(C(=O)Nc3ccc(O)cc3)[C@@H]3C(=O)N1[C@H]23. The van der Waals surface area contributed by atoms with Crippen molar-refractivity contribution < 1.29 is 24.6 Å². The van der Waals surface area contributed by atoms with Gasteiger partial charge in [0.2, 0.25) is 0 Å². The Morgan fingerprint density at radius 3 is 2.52 bits per heavy atom. The highest BCUT2D eigenvalue weighted by Gasteiger charge is 2.64. The van der Waals surface area contributed by atoms with Crippen molar-refractivity contribution in [3.05, 3.63) is 59.4 Å². The number of aromatic hydroxyl groups is 1. The van der Waals surface area contributed by atoms with Crippen LogP contribution in [0.25, 0.3) is 0 Å². The van der Waals surface area contributed by atoms with Crippen molar-refractivity contribution >= 4 is 35.4 Å². The Kier molecular flexibility index (Phi) is 4.58. The highest BCUT2D eigenvalue weighted by molar-refractivity contribution is 8.03. The molecule has 158 valence electrons. The standard InChI is InChI=1S/C21H18N4O5S/c26-12-3-1-11(2-4-12)23-21(30)24-10-7-14-15-16(24)19(27)25(15)17(20(28)29)18(14)31-13-5-8-22-9-6-13/h1-6,8-9,14-16,26H,7,10H2,(H,23,30)(H,28,29)/t14?,15-,16+/m1/s1. The van der Waals surface area contributed by atoms with Crippen molar-refractivity contribution in [2.45, 2.75) is 23.4 Å². The van der Waals surface area contributed by atoms with Gasteiger partial charge in [0, 0.05) is 40.3 Å². The lowest BCUT2D eigenvalue weighted by Gasteiger charge is -2.53. The third-order valence-corrected chi connectivity index (χ3v) is 7.04. The number of piperidine rings is 1. The topological polar surface area (TPSA) is 123 Å². The van der Waals surface area contributed by atoms with Gasteiger partial charge in [0.25, 0.3) is 5.91 Å². The molecule has 0 spiro atoms. The van der Waals surface area contributed by atoms with Gasteiger partial charge in [0.15, 0.2) is 0 Å². The highest BCUT2D eigenvalue weighted by Crippen LogP contribution is 2.53. The lowest BCUT2D eigenvalue weighted by molar-refractivity contribution is -0.160. The van der Waals surface area contributed by atoms with Gasteiger partial charge in [-0.1, -0.05) is 11.8 Å². The van der Waals surface area contributed by atoms with Crippen molar-refractivity contribution in [1.82, 2.24) is 14.8 Å². The number of carboxylic acids is 1. The van der Waals surface area contributed by atoms with Crippen molar-refractivity contribution in [2.24, 2.45) is 5.92 Å². The van der Waals surface area contributed by atoms with Crippen LogP contribution >= 0.6 is 11.8 Å². The first-order valence-corrected chi connectivity index (χ1v) is 10.5. The molecule has 1 aromatic heterocycles. The molecular formula is C21H18N4O5S. The molecule has 5 rings (SSSR count). The lowest BCUT2D eigenvalue weighted by atomic mass is 9.81. The largest absolute Gasteiger partial charge is 0.508 e. The zero-order valence-electron chi connectivity index (χ0n) is 16.1. The summed E-state index contributed by atoms with van der Waals surface area (Å²) in [6.07, 6.45) is 3.83. The molecule has 3 aliphatic rings. The molecule has 3 amide bonds. The first-order valence-electron chi connectivity index (χ1n) is 9.71. The first-order chi connectivity index (χ1) is 15.0. The number of phenolic OH excluding ortho intramolecular Hbond substituents is 1. The van der Waals surface area contributed by atoms with Gasteiger partial charge in [-0.05, 0) is 42.8 Å². The molecule has 1 unspecified atom stereocenters. The molecule has 0 radical (unpaired) electrons. The number of anilines is 1. The van der Waals surface area contributed by atoms with Crippen LogP contribution < -0.4 is 5.32 Å². The highest BCUT2D eigenvalue weighted by atomic mass is 32.2. The predicted molar refractivity (Wildman–Crippen MR) is 111 cm³/mol. The number of nitrogens with zero attached hydrogens (tertiary/aromatic N) is 3. The molecule has 0 aliphatic carbocycles. The fourth-order valence-corrected chi connectivity index (χ4v) is 5.68. The molecule has 4 heterocycles. The van der Waals surface area contributed by atoms with Gasteiger partial charge in [-0.25, -0.2) is 9.59 Å². The van der Waals surface area contributed by atoms with Crippen molar-refractivity contribution in [2.75, 3.05) is 11.9 Å². The van der Waals surface area contributed by atoms with Crippen LogP contribution in [0.2, 0.25) is 0 Å². The fraction of sp³-hybridized carbons (Fsp3) is 0.238. The Bertz CT molecular complexity index is 1100. The number of hydrogen-bond donors (Lipinski definition) is 3. The van der Waals surface area contributed by atoms with Crippen LogP contribution in [0.3, 0.4) is 0 Å². The fourth-order valence-electron chi connectivity index (χ4n) is 4.47. The van der Waals surface area contributed by atoms with Gasteiger partial charge in [0.05, 0.1) is 6.04 Å². The second-order valence-electron chi connectivity index (χ2n) is 7.51. The van der Waals surface area contributed by atoms with E-state index in [1.807, 2.05) is 0 Å². The van der Waals surface area contributed by atoms with Crippen LogP contribution in [0.1, 0.15) is 6.42 Å². The monoisotopic (exact) mass is 438 g/mol. The summed E-state index contributed by atoms with van der Waals surface area (Å²) in [7, 11) is 0. The summed E-state index contributed by atoms with van der Waals surface area (Å²) >= 11 is 1.34. The van der Waals surface area contributed by atoms with Crippen LogP contribution in [-0.4, -0.2) is 61.5 Å². The molecule has 3 N–H and O–H groups in total. The van der Waals surface area contributed by atoms with Gasteiger partial charge in [-0.2, -0.15) is 0 Å². The van der Waals surface area contributed by atoms with Gasteiger partial charge in [0.1, 0.15) is 17.5 Å². The van der Waals surface area contributed by atoms with E-state index in [2.05, 4.69) is 10.3 Å². The van der Waals surface area contributed by atoms with Gasteiger partial charge < -0.3 is 20.4 Å². The maximum atomic E-state index is 12.9. The number of pyridine rings is 1. The number of aromatic nitrogens is 1. The minimum Gasteiger partial charge on any atom is -0.508 e. The van der Waals surface area contributed by atoms with Gasteiger partial charge >= 0.3 is 12.0 Å². The molecule has 3 aliphatic heterocycles. The molecule has 0 bridgehead atoms. The normalized spacial score (nSPS) is 24.0. The first kappa shape index (κ1) is 19.4. The molecule has 2 fully saturated rings. The summed E-state index contributed by atoms with van der Waals surface area (Å²) in [6.45, 7) is 0.336. The van der Waals surface area contributed by atoms with Gasteiger partial charge in [-0.3, -0.25) is 14.7 Å². The number of rotatable bonds is 4. The number of phenols is 1. The maximum absolute atomic E-state index is 12.9. The summed E-state index contributed by atoms with van der Waals surface area (Å²) in [5.41, 5.74) is 0.511. The number of nitrogens with one attached hydrogen (secondary N) is 1. The Morgan fingerprint density at radius 2 is 1.84 bits per heavy atom. The summed E-state index contributed by atoms with van der Waals surface area (Å²) in [5.74, 6) is -1.57. The predicted octanol–water partition coefficient (Wildman–Crippen LogP) is 2.32. The van der Waals surface area contributed by atoms with E-state index in [0.717, 1.165) is 4.90 Å². The Hall–Kier alpha value is -3.53. The van der Waals surface area contributed by atoms with Gasteiger partial charge in [-0.15, -0.1) is 0 Å². The number of hydrogen-bond acceptors (Lipinski definition) is 6. The third-order valence-electron chi connectivity index (χ3n) is 5.81. The van der Waals surface area contributed by atoms with Crippen LogP contribution in [0.15, 0.2) is 64.3 Å². The average Bonchev–Trinajstić information content (AvgIpc) is 3.08. The van der Waals surface area contributed by atoms with Crippen LogP contribution in [0.5, 0.6) is 5.75 Å². The smallest absolute Gasteiger partial charge is 0.353 e. The number of carboxylic acid groups (broad SMARTS) is 1. The Labute approximate surface area is 181 Å². The number of benzene rings is 1. The molecule has 10 heteroatoms. The van der Waals surface area contributed by atoms with Crippen molar-refractivity contribution in [3.8, 4) is 5.75 Å². The Morgan fingerprint density at radius 1 is 1.13 bits per heavy atom. The number of amides is 3. The molecule has 31 heavy (non-hydrogen) atoms. The minimum atomic E-state index is -1.14. The van der Waals surface area contributed by atoms with E-state index in [1.54, 1.807) is 36.7 Å². The number of carbonyl (C=O) groups excluding carboxylic acids is 2. The number of likely N-dealkylation sites (tertiary alicyclic amines) is 1. The second kappa shape index (κ2) is 7.31. The van der Waals surface area contributed by atoms with Crippen molar-refractivity contribution in [3.63, 3.8) is 0 Å². The minimum absolute atomic E-state index is 0.0128. The molecule has 2 saturated heterocycles. The summed E-state index contributed by atoms with van der Waals surface area (Å²) in [5, 5.41) is 22.0. The molecule has 1 aromatic carbocycles. The molecule has 3 atom stereocenters. The number of urea groups is 1. The zero-order valence-corrected chi connectivity index (χ0v) is 17.0. The second-order valence-corrected chi connectivity index (χ2v) is 8.63. The van der Waals surface area contributed by atoms with E-state index in [1.165, 1.54) is 33.7 Å².